The maximum Gasteiger partial charge on any atom is 0.305 e. The Morgan fingerprint density at radius 1 is 0.957 bits per heavy atom. The molecule has 1 aliphatic rings. The standard InChI is InChI=1S/C9H18N2O.C7H14O4/c1-3-10-5-6-11(9-10)7-8-12-4-2;1-2-10-5-6-11-4-3-7(8)9/h5-6H,3-4,7-9H2,1-2H3;2-6H2,1H3,(H,8,9). The van der Waals surface area contributed by atoms with Crippen LogP contribution in [0.2, 0.25) is 0 Å². The number of carboxylic acid groups (broad SMARTS) is 1. The Balaban J connectivity index is 0.000000423. The topological polar surface area (TPSA) is 71.5 Å². The zero-order valence-corrected chi connectivity index (χ0v) is 14.7. The highest BCUT2D eigenvalue weighted by Gasteiger charge is 2.08. The van der Waals surface area contributed by atoms with Gasteiger partial charge in [0.1, 0.15) is 0 Å². The third kappa shape index (κ3) is 14.0. The monoisotopic (exact) mass is 332 g/mol. The van der Waals surface area contributed by atoms with Crippen LogP contribution >= 0.6 is 0 Å². The van der Waals surface area contributed by atoms with E-state index < -0.39 is 5.97 Å². The minimum atomic E-state index is -0.832. The zero-order valence-electron chi connectivity index (χ0n) is 14.7. The van der Waals surface area contributed by atoms with Crippen LogP contribution < -0.4 is 0 Å². The average molecular weight is 332 g/mol. The Bertz CT molecular complexity index is 313. The van der Waals surface area contributed by atoms with Gasteiger partial charge in [0, 0.05) is 38.7 Å². The molecule has 0 aromatic rings. The van der Waals surface area contributed by atoms with Crippen molar-refractivity contribution < 1.29 is 24.1 Å². The zero-order chi connectivity index (χ0) is 17.3. The highest BCUT2D eigenvalue weighted by atomic mass is 16.5. The summed E-state index contributed by atoms with van der Waals surface area (Å²) in [5.74, 6) is -0.832. The first-order chi connectivity index (χ1) is 11.1. The highest BCUT2D eigenvalue weighted by Crippen LogP contribution is 2.04. The van der Waals surface area contributed by atoms with Crippen molar-refractivity contribution in [1.82, 2.24) is 9.80 Å². The van der Waals surface area contributed by atoms with E-state index in [1.165, 1.54) is 0 Å². The van der Waals surface area contributed by atoms with Crippen LogP contribution in [0.3, 0.4) is 0 Å². The number of hydrogen-bond acceptors (Lipinski definition) is 6. The molecule has 0 spiro atoms. The molecule has 0 saturated carbocycles. The first kappa shape index (κ1) is 21.7. The van der Waals surface area contributed by atoms with Gasteiger partial charge in [0.05, 0.1) is 39.5 Å². The van der Waals surface area contributed by atoms with E-state index in [0.717, 1.165) is 33.0 Å². The van der Waals surface area contributed by atoms with Crippen molar-refractivity contribution in [3.63, 3.8) is 0 Å². The predicted molar refractivity (Wildman–Crippen MR) is 89.2 cm³/mol. The van der Waals surface area contributed by atoms with Gasteiger partial charge in [0.15, 0.2) is 0 Å². The first-order valence-electron chi connectivity index (χ1n) is 8.25. The first-order valence-corrected chi connectivity index (χ1v) is 8.25. The third-order valence-corrected chi connectivity index (χ3v) is 3.02. The van der Waals surface area contributed by atoms with Crippen molar-refractivity contribution >= 4 is 5.97 Å². The van der Waals surface area contributed by atoms with E-state index in [0.29, 0.717) is 19.8 Å². The lowest BCUT2D eigenvalue weighted by atomic mass is 10.5. The number of ether oxygens (including phenoxy) is 3. The number of rotatable bonds is 12. The summed E-state index contributed by atoms with van der Waals surface area (Å²) in [7, 11) is 0. The summed E-state index contributed by atoms with van der Waals surface area (Å²) in [6.45, 7) is 12.8. The maximum atomic E-state index is 9.98. The number of hydrogen-bond donors (Lipinski definition) is 1. The van der Waals surface area contributed by atoms with Crippen molar-refractivity contribution in [3.8, 4) is 0 Å². The summed E-state index contributed by atoms with van der Waals surface area (Å²) in [6.07, 6.45) is 4.32. The molecule has 1 N–H and O–H groups in total. The Labute approximate surface area is 139 Å². The maximum absolute atomic E-state index is 9.98. The van der Waals surface area contributed by atoms with Crippen molar-refractivity contribution in [2.24, 2.45) is 0 Å². The van der Waals surface area contributed by atoms with Crippen LogP contribution in [-0.2, 0) is 19.0 Å². The Hall–Kier alpha value is -1.31. The van der Waals surface area contributed by atoms with Crippen LogP contribution in [0.25, 0.3) is 0 Å². The molecule has 7 nitrogen and oxygen atoms in total. The molecule has 0 atom stereocenters. The molecule has 1 aliphatic heterocycles. The summed E-state index contributed by atoms with van der Waals surface area (Å²) < 4.78 is 15.2. The molecule has 1 rings (SSSR count). The van der Waals surface area contributed by atoms with Crippen LogP contribution in [0.4, 0.5) is 0 Å². The summed E-state index contributed by atoms with van der Waals surface area (Å²) in [6, 6.07) is 0. The van der Waals surface area contributed by atoms with Gasteiger partial charge in [-0.1, -0.05) is 0 Å². The third-order valence-electron chi connectivity index (χ3n) is 3.02. The summed E-state index contributed by atoms with van der Waals surface area (Å²) in [5, 5.41) is 8.20. The second-order valence-electron chi connectivity index (χ2n) is 4.81. The van der Waals surface area contributed by atoms with E-state index in [1.807, 2.05) is 13.8 Å². The minimum Gasteiger partial charge on any atom is -0.481 e. The lowest BCUT2D eigenvalue weighted by molar-refractivity contribution is -0.138. The second kappa shape index (κ2) is 15.6. The molecule has 23 heavy (non-hydrogen) atoms. The summed E-state index contributed by atoms with van der Waals surface area (Å²) >= 11 is 0. The van der Waals surface area contributed by atoms with Crippen LogP contribution in [0.5, 0.6) is 0 Å². The number of aliphatic carboxylic acids is 1. The summed E-state index contributed by atoms with van der Waals surface area (Å²) in [4.78, 5) is 14.5. The Morgan fingerprint density at radius 2 is 1.57 bits per heavy atom. The fourth-order valence-corrected chi connectivity index (χ4v) is 1.72. The fraction of sp³-hybridized carbons (Fsp3) is 0.812. The number of carbonyl (C=O) groups is 1. The van der Waals surface area contributed by atoms with Gasteiger partial charge in [-0.3, -0.25) is 4.79 Å². The lowest BCUT2D eigenvalue weighted by Crippen LogP contribution is -2.27. The molecular formula is C16H32N2O5. The molecule has 0 unspecified atom stereocenters. The van der Waals surface area contributed by atoms with Gasteiger partial charge in [0.25, 0.3) is 0 Å². The Morgan fingerprint density at radius 3 is 2.13 bits per heavy atom. The number of carboxylic acids is 1. The van der Waals surface area contributed by atoms with Crippen molar-refractivity contribution in [2.45, 2.75) is 27.2 Å². The van der Waals surface area contributed by atoms with E-state index >= 15 is 0 Å². The Kier molecular flexibility index (Phi) is 14.7. The molecule has 136 valence electrons. The quantitative estimate of drug-likeness (QED) is 0.544. The smallest absolute Gasteiger partial charge is 0.305 e. The van der Waals surface area contributed by atoms with Crippen LogP contribution in [-0.4, -0.2) is 80.3 Å². The molecule has 0 aliphatic carbocycles. The minimum absolute atomic E-state index is 0.0616. The van der Waals surface area contributed by atoms with E-state index in [-0.39, 0.29) is 13.0 Å². The molecule has 0 amide bonds. The van der Waals surface area contributed by atoms with Gasteiger partial charge in [-0.15, -0.1) is 0 Å². The van der Waals surface area contributed by atoms with Gasteiger partial charge in [-0.2, -0.15) is 0 Å². The summed E-state index contributed by atoms with van der Waals surface area (Å²) in [5.41, 5.74) is 0. The van der Waals surface area contributed by atoms with Gasteiger partial charge in [-0.05, 0) is 20.8 Å². The lowest BCUT2D eigenvalue weighted by Gasteiger charge is -2.19. The van der Waals surface area contributed by atoms with Crippen molar-refractivity contribution in [2.75, 3.05) is 59.4 Å². The van der Waals surface area contributed by atoms with Crippen LogP contribution in [0, 0.1) is 0 Å². The molecule has 0 bridgehead atoms. The molecule has 0 saturated heterocycles. The van der Waals surface area contributed by atoms with Crippen LogP contribution in [0.15, 0.2) is 12.4 Å². The van der Waals surface area contributed by atoms with Crippen molar-refractivity contribution in [1.29, 1.82) is 0 Å². The SMILES string of the molecule is CCOCCN1C=CN(CC)C1.CCOCCOCCC(=O)O. The predicted octanol–water partition coefficient (Wildman–Crippen LogP) is 1.60. The normalized spacial score (nSPS) is 13.2. The average Bonchev–Trinajstić information content (AvgIpc) is 2.99. The van der Waals surface area contributed by atoms with Gasteiger partial charge < -0.3 is 29.1 Å². The highest BCUT2D eigenvalue weighted by molar-refractivity contribution is 5.66. The van der Waals surface area contributed by atoms with E-state index in [2.05, 4.69) is 29.1 Å². The fourth-order valence-electron chi connectivity index (χ4n) is 1.72. The van der Waals surface area contributed by atoms with Gasteiger partial charge in [-0.25, -0.2) is 0 Å². The molecule has 0 radical (unpaired) electrons. The molecule has 0 fully saturated rings. The molecule has 1 heterocycles. The van der Waals surface area contributed by atoms with Crippen LogP contribution in [0.1, 0.15) is 27.2 Å². The molecule has 7 heteroatoms. The second-order valence-corrected chi connectivity index (χ2v) is 4.81. The largest absolute Gasteiger partial charge is 0.481 e. The van der Waals surface area contributed by atoms with Gasteiger partial charge in [0.2, 0.25) is 0 Å². The van der Waals surface area contributed by atoms with E-state index in [1.54, 1.807) is 0 Å². The van der Waals surface area contributed by atoms with E-state index in [9.17, 15) is 4.79 Å². The molecule has 0 aromatic heterocycles. The van der Waals surface area contributed by atoms with Crippen molar-refractivity contribution in [3.05, 3.63) is 12.4 Å². The molecule has 0 aromatic carbocycles. The van der Waals surface area contributed by atoms with E-state index in [4.69, 9.17) is 19.3 Å². The number of nitrogens with zero attached hydrogens (tertiary/aromatic N) is 2. The van der Waals surface area contributed by atoms with Gasteiger partial charge >= 0.3 is 5.97 Å². The molecular weight excluding hydrogens is 300 g/mol.